The molecule has 1 atom stereocenters. The number of amides is 2. The third kappa shape index (κ3) is 5.14. The number of halogens is 4. The van der Waals surface area contributed by atoms with Gasteiger partial charge in [0.2, 0.25) is 5.91 Å². The summed E-state index contributed by atoms with van der Waals surface area (Å²) >= 11 is 0. The molecule has 160 valence electrons. The monoisotopic (exact) mass is 423 g/mol. The van der Waals surface area contributed by atoms with Crippen molar-refractivity contribution < 1.29 is 27.2 Å². The van der Waals surface area contributed by atoms with Gasteiger partial charge in [-0.3, -0.25) is 19.5 Å². The summed E-state index contributed by atoms with van der Waals surface area (Å²) in [7, 11) is 0. The lowest BCUT2D eigenvalue weighted by Crippen LogP contribution is -2.50. The second kappa shape index (κ2) is 9.23. The number of carbonyl (C=O) groups is 2. The average molecular weight is 423 g/mol. The van der Waals surface area contributed by atoms with Crippen LogP contribution in [0.1, 0.15) is 43.7 Å². The quantitative estimate of drug-likeness (QED) is 0.730. The highest BCUT2D eigenvalue weighted by molar-refractivity contribution is 6.03. The van der Waals surface area contributed by atoms with Crippen LogP contribution in [0.5, 0.6) is 0 Å². The molecule has 3 rings (SSSR count). The summed E-state index contributed by atoms with van der Waals surface area (Å²) in [5.41, 5.74) is -0.224. The minimum absolute atomic E-state index is 0.139. The Morgan fingerprint density at radius 1 is 1.07 bits per heavy atom. The topological polar surface area (TPSA) is 62.3 Å². The molecule has 0 bridgehead atoms. The molecule has 9 heteroatoms. The van der Waals surface area contributed by atoms with Gasteiger partial charge in [0.15, 0.2) is 0 Å². The van der Waals surface area contributed by atoms with Crippen molar-refractivity contribution in [1.82, 2.24) is 10.3 Å². The number of hydrogen-bond donors (Lipinski definition) is 1. The van der Waals surface area contributed by atoms with Crippen LogP contribution < -0.4 is 10.2 Å². The summed E-state index contributed by atoms with van der Waals surface area (Å²) in [6.07, 6.45) is 1.63. The second-order valence-corrected chi connectivity index (χ2v) is 7.18. The fourth-order valence-corrected chi connectivity index (χ4v) is 3.64. The van der Waals surface area contributed by atoms with E-state index in [0.717, 1.165) is 37.5 Å². The molecule has 0 radical (unpaired) electrons. The molecule has 5 nitrogen and oxygen atoms in total. The molecule has 1 aromatic heterocycles. The number of alkyl halides is 3. The molecule has 1 aliphatic carbocycles. The maximum absolute atomic E-state index is 13.8. The number of nitrogens with zero attached hydrogens (tertiary/aromatic N) is 2. The van der Waals surface area contributed by atoms with Gasteiger partial charge in [0, 0.05) is 24.1 Å². The maximum Gasteiger partial charge on any atom is 0.471 e. The van der Waals surface area contributed by atoms with Crippen LogP contribution in [-0.4, -0.2) is 29.0 Å². The van der Waals surface area contributed by atoms with Gasteiger partial charge in [-0.15, -0.1) is 0 Å². The van der Waals surface area contributed by atoms with Gasteiger partial charge < -0.3 is 5.32 Å². The number of pyridine rings is 1. The largest absolute Gasteiger partial charge is 0.471 e. The molecular weight excluding hydrogens is 402 g/mol. The summed E-state index contributed by atoms with van der Waals surface area (Å²) in [5, 5.41) is 2.77. The third-order valence-electron chi connectivity index (χ3n) is 5.03. The highest BCUT2D eigenvalue weighted by Gasteiger charge is 2.47. The lowest BCUT2D eigenvalue weighted by atomic mass is 9.94. The Kier molecular flexibility index (Phi) is 6.69. The fourth-order valence-electron chi connectivity index (χ4n) is 3.64. The van der Waals surface area contributed by atoms with Gasteiger partial charge in [-0.1, -0.05) is 25.3 Å². The highest BCUT2D eigenvalue weighted by Crippen LogP contribution is 2.33. The van der Waals surface area contributed by atoms with E-state index >= 15 is 0 Å². The van der Waals surface area contributed by atoms with Crippen LogP contribution in [0.25, 0.3) is 0 Å². The Labute approximate surface area is 171 Å². The fraction of sp³-hybridized carbons (Fsp3) is 0.381. The molecular formula is C21H21F4N3O2. The zero-order valence-corrected chi connectivity index (χ0v) is 16.0. The molecule has 1 aliphatic rings. The predicted octanol–water partition coefficient (Wildman–Crippen LogP) is 4.31. The van der Waals surface area contributed by atoms with E-state index < -0.39 is 29.8 Å². The molecule has 1 unspecified atom stereocenters. The number of nitrogens with one attached hydrogen (secondary N) is 1. The third-order valence-corrected chi connectivity index (χ3v) is 5.03. The first-order valence-electron chi connectivity index (χ1n) is 9.63. The van der Waals surface area contributed by atoms with Gasteiger partial charge in [-0.05, 0) is 48.7 Å². The van der Waals surface area contributed by atoms with E-state index in [4.69, 9.17) is 0 Å². The predicted molar refractivity (Wildman–Crippen MR) is 102 cm³/mol. The molecule has 0 spiro atoms. The molecule has 0 saturated heterocycles. The first-order chi connectivity index (χ1) is 14.3. The number of carbonyl (C=O) groups excluding carboxylic acids is 2. The summed E-state index contributed by atoms with van der Waals surface area (Å²) in [6.45, 7) is 0. The second-order valence-electron chi connectivity index (χ2n) is 7.18. The zero-order valence-electron chi connectivity index (χ0n) is 16.0. The van der Waals surface area contributed by atoms with E-state index in [1.54, 1.807) is 0 Å². The van der Waals surface area contributed by atoms with E-state index in [0.29, 0.717) is 17.7 Å². The molecule has 1 saturated carbocycles. The van der Waals surface area contributed by atoms with Crippen molar-refractivity contribution >= 4 is 17.5 Å². The first-order valence-corrected chi connectivity index (χ1v) is 9.63. The van der Waals surface area contributed by atoms with Gasteiger partial charge in [0.05, 0.1) is 0 Å². The first kappa shape index (κ1) is 21.7. The van der Waals surface area contributed by atoms with Gasteiger partial charge in [-0.2, -0.15) is 13.2 Å². The Morgan fingerprint density at radius 2 is 1.73 bits per heavy atom. The molecule has 1 aromatic carbocycles. The van der Waals surface area contributed by atoms with Gasteiger partial charge in [0.1, 0.15) is 11.9 Å². The van der Waals surface area contributed by atoms with Gasteiger partial charge >= 0.3 is 12.1 Å². The minimum Gasteiger partial charge on any atom is -0.351 e. The van der Waals surface area contributed by atoms with Crippen molar-refractivity contribution in [2.75, 3.05) is 4.90 Å². The van der Waals surface area contributed by atoms with Crippen LogP contribution in [-0.2, 0) is 9.59 Å². The van der Waals surface area contributed by atoms with Crippen molar-refractivity contribution in [1.29, 1.82) is 0 Å². The van der Waals surface area contributed by atoms with E-state index in [1.807, 2.05) is 0 Å². The number of rotatable bonds is 5. The number of aromatic nitrogens is 1. The van der Waals surface area contributed by atoms with Crippen LogP contribution in [0.15, 0.2) is 48.8 Å². The SMILES string of the molecule is O=C(NC1CCCCC1)C(c1ccncc1)N(C(=O)C(F)(F)F)c1cccc(F)c1. The minimum atomic E-state index is -5.26. The summed E-state index contributed by atoms with van der Waals surface area (Å²) < 4.78 is 54.2. The van der Waals surface area contributed by atoms with Crippen molar-refractivity contribution in [3.05, 3.63) is 60.2 Å². The van der Waals surface area contributed by atoms with E-state index in [1.165, 1.54) is 30.6 Å². The lowest BCUT2D eigenvalue weighted by molar-refractivity contribution is -0.171. The molecule has 1 N–H and O–H groups in total. The molecule has 1 heterocycles. The van der Waals surface area contributed by atoms with Crippen LogP contribution in [0, 0.1) is 5.82 Å². The standard InChI is InChI=1S/C21H21F4N3O2/c22-15-5-4-8-17(13-15)28(20(30)21(23,24)25)18(14-9-11-26-12-10-14)19(29)27-16-6-2-1-3-7-16/h4-5,8-13,16,18H,1-3,6-7H2,(H,27,29). The Balaban J connectivity index is 2.06. The lowest BCUT2D eigenvalue weighted by Gasteiger charge is -2.33. The van der Waals surface area contributed by atoms with Gasteiger partial charge in [-0.25, -0.2) is 4.39 Å². The summed E-state index contributed by atoms with van der Waals surface area (Å²) in [5.74, 6) is -3.84. The highest BCUT2D eigenvalue weighted by atomic mass is 19.4. The van der Waals surface area contributed by atoms with Crippen molar-refractivity contribution in [2.24, 2.45) is 0 Å². The summed E-state index contributed by atoms with van der Waals surface area (Å²) in [4.78, 5) is 29.7. The number of benzene rings is 1. The van der Waals surface area contributed by atoms with Crippen LogP contribution in [0.2, 0.25) is 0 Å². The Bertz CT molecular complexity index is 883. The molecule has 2 aromatic rings. The normalized spacial score (nSPS) is 16.0. The Morgan fingerprint density at radius 3 is 2.33 bits per heavy atom. The van der Waals surface area contributed by atoms with Crippen LogP contribution in [0.4, 0.5) is 23.2 Å². The average Bonchev–Trinajstić information content (AvgIpc) is 2.72. The number of anilines is 1. The van der Waals surface area contributed by atoms with E-state index in [9.17, 15) is 27.2 Å². The molecule has 30 heavy (non-hydrogen) atoms. The Hall–Kier alpha value is -2.97. The van der Waals surface area contributed by atoms with Crippen molar-refractivity contribution in [3.63, 3.8) is 0 Å². The molecule has 2 amide bonds. The zero-order chi connectivity index (χ0) is 21.7. The van der Waals surface area contributed by atoms with E-state index in [2.05, 4.69) is 10.3 Å². The van der Waals surface area contributed by atoms with Crippen LogP contribution >= 0.6 is 0 Å². The van der Waals surface area contributed by atoms with E-state index in [-0.39, 0.29) is 17.3 Å². The van der Waals surface area contributed by atoms with Crippen molar-refractivity contribution in [3.8, 4) is 0 Å². The van der Waals surface area contributed by atoms with Crippen molar-refractivity contribution in [2.45, 2.75) is 50.4 Å². The summed E-state index contributed by atoms with van der Waals surface area (Å²) in [6, 6.07) is 5.09. The maximum atomic E-state index is 13.8. The van der Waals surface area contributed by atoms with Gasteiger partial charge in [0.25, 0.3) is 0 Å². The van der Waals surface area contributed by atoms with Crippen LogP contribution in [0.3, 0.4) is 0 Å². The smallest absolute Gasteiger partial charge is 0.351 e. The number of hydrogen-bond acceptors (Lipinski definition) is 3. The molecule has 0 aliphatic heterocycles. The molecule has 1 fully saturated rings.